The van der Waals surface area contributed by atoms with Crippen molar-refractivity contribution in [3.8, 4) is 0 Å². The van der Waals surface area contributed by atoms with Crippen molar-refractivity contribution in [2.45, 2.75) is 32.9 Å². The van der Waals surface area contributed by atoms with Crippen LogP contribution in [0.25, 0.3) is 0 Å². The van der Waals surface area contributed by atoms with E-state index in [1.54, 1.807) is 6.20 Å². The molecule has 0 bridgehead atoms. The van der Waals surface area contributed by atoms with Crippen molar-refractivity contribution in [1.29, 1.82) is 0 Å². The van der Waals surface area contributed by atoms with Gasteiger partial charge in [-0.25, -0.2) is 0 Å². The number of thiophene rings is 1. The molecule has 0 fully saturated rings. The molecule has 0 amide bonds. The molecule has 0 radical (unpaired) electrons. The highest BCUT2D eigenvalue weighted by atomic mass is 32.1. The van der Waals surface area contributed by atoms with Gasteiger partial charge in [-0.05, 0) is 25.5 Å². The number of nitrogens with one attached hydrogen (secondary N) is 1. The zero-order valence-corrected chi connectivity index (χ0v) is 10.4. The average molecular weight is 236 g/mol. The molecule has 2 rings (SSSR count). The van der Waals surface area contributed by atoms with E-state index in [1.807, 2.05) is 17.4 Å². The molecule has 1 N–H and O–H groups in total. The maximum atomic E-state index is 5.04. The van der Waals surface area contributed by atoms with E-state index < -0.39 is 0 Å². The van der Waals surface area contributed by atoms with Crippen LogP contribution in [-0.4, -0.2) is 5.16 Å². The van der Waals surface area contributed by atoms with Gasteiger partial charge in [-0.1, -0.05) is 12.1 Å². The van der Waals surface area contributed by atoms with E-state index in [1.165, 1.54) is 9.75 Å². The molecule has 16 heavy (non-hydrogen) atoms. The fourth-order valence-corrected chi connectivity index (χ4v) is 2.48. The highest BCUT2D eigenvalue weighted by molar-refractivity contribution is 7.12. The van der Waals surface area contributed by atoms with Crippen LogP contribution in [0.2, 0.25) is 0 Å². The summed E-state index contributed by atoms with van der Waals surface area (Å²) in [6.07, 6.45) is 2.78. The predicted octanol–water partition coefficient (Wildman–Crippen LogP) is 3.15. The maximum Gasteiger partial charge on any atom is 0.150 e. The Hall–Kier alpha value is -1.13. The Kier molecular flexibility index (Phi) is 3.74. The maximum absolute atomic E-state index is 5.04. The minimum atomic E-state index is 0.357. The molecule has 0 aliphatic carbocycles. The highest BCUT2D eigenvalue weighted by Crippen LogP contribution is 2.23. The van der Waals surface area contributed by atoms with Crippen molar-refractivity contribution < 1.29 is 4.52 Å². The average Bonchev–Trinajstić information content (AvgIpc) is 2.96. The third kappa shape index (κ3) is 2.71. The standard InChI is InChI=1S/C12H16N2OS/c1-3-11-4-5-12(16-11)9(2)13-8-10-6-7-14-15-10/h4-7,9,13H,3,8H2,1-2H3. The lowest BCUT2D eigenvalue weighted by Gasteiger charge is -2.09. The first-order valence-corrected chi connectivity index (χ1v) is 6.32. The molecule has 1 unspecified atom stereocenters. The number of nitrogens with zero attached hydrogens (tertiary/aromatic N) is 1. The quantitative estimate of drug-likeness (QED) is 0.866. The van der Waals surface area contributed by atoms with Gasteiger partial charge in [0.15, 0.2) is 0 Å². The highest BCUT2D eigenvalue weighted by Gasteiger charge is 2.08. The van der Waals surface area contributed by atoms with Gasteiger partial charge in [0.25, 0.3) is 0 Å². The second-order valence-electron chi connectivity index (χ2n) is 3.74. The molecule has 86 valence electrons. The van der Waals surface area contributed by atoms with Crippen molar-refractivity contribution >= 4 is 11.3 Å². The third-order valence-corrected chi connectivity index (χ3v) is 3.94. The Labute approximate surface area is 99.5 Å². The topological polar surface area (TPSA) is 38.1 Å². The summed E-state index contributed by atoms with van der Waals surface area (Å²) in [4.78, 5) is 2.81. The van der Waals surface area contributed by atoms with E-state index in [4.69, 9.17) is 4.52 Å². The minimum Gasteiger partial charge on any atom is -0.360 e. The summed E-state index contributed by atoms with van der Waals surface area (Å²) >= 11 is 1.87. The Bertz CT molecular complexity index is 422. The molecule has 0 aliphatic heterocycles. The van der Waals surface area contributed by atoms with Crippen LogP contribution in [0.4, 0.5) is 0 Å². The monoisotopic (exact) mass is 236 g/mol. The van der Waals surface area contributed by atoms with Crippen molar-refractivity contribution in [2.75, 3.05) is 0 Å². The van der Waals surface area contributed by atoms with Gasteiger partial charge in [-0.2, -0.15) is 0 Å². The summed E-state index contributed by atoms with van der Waals surface area (Å²) < 4.78 is 5.04. The van der Waals surface area contributed by atoms with Crippen molar-refractivity contribution in [3.63, 3.8) is 0 Å². The lowest BCUT2D eigenvalue weighted by Crippen LogP contribution is -2.16. The van der Waals surface area contributed by atoms with Gasteiger partial charge >= 0.3 is 0 Å². The van der Waals surface area contributed by atoms with E-state index in [-0.39, 0.29) is 0 Å². The van der Waals surface area contributed by atoms with Crippen LogP contribution >= 0.6 is 11.3 Å². The van der Waals surface area contributed by atoms with Crippen molar-refractivity contribution in [3.05, 3.63) is 39.9 Å². The van der Waals surface area contributed by atoms with E-state index in [0.29, 0.717) is 6.04 Å². The Morgan fingerprint density at radius 2 is 2.31 bits per heavy atom. The first-order valence-electron chi connectivity index (χ1n) is 5.51. The molecule has 3 nitrogen and oxygen atoms in total. The number of hydrogen-bond acceptors (Lipinski definition) is 4. The Morgan fingerprint density at radius 1 is 1.44 bits per heavy atom. The van der Waals surface area contributed by atoms with Crippen LogP contribution in [0.1, 0.15) is 35.4 Å². The van der Waals surface area contributed by atoms with Crippen molar-refractivity contribution in [2.24, 2.45) is 0 Å². The summed E-state index contributed by atoms with van der Waals surface area (Å²) in [5, 5.41) is 7.09. The van der Waals surface area contributed by atoms with Gasteiger partial charge in [0, 0.05) is 21.9 Å². The Morgan fingerprint density at radius 3 is 2.94 bits per heavy atom. The fourth-order valence-electron chi connectivity index (χ4n) is 1.50. The normalized spacial score (nSPS) is 12.9. The van der Waals surface area contributed by atoms with Crippen molar-refractivity contribution in [1.82, 2.24) is 10.5 Å². The molecule has 2 heterocycles. The summed E-state index contributed by atoms with van der Waals surface area (Å²) in [5.74, 6) is 0.874. The molecule has 2 aromatic heterocycles. The Balaban J connectivity index is 1.90. The molecule has 0 saturated heterocycles. The lowest BCUT2D eigenvalue weighted by molar-refractivity contribution is 0.366. The van der Waals surface area contributed by atoms with Gasteiger partial charge in [0.2, 0.25) is 0 Å². The second-order valence-corrected chi connectivity index (χ2v) is 4.94. The van der Waals surface area contributed by atoms with E-state index in [9.17, 15) is 0 Å². The predicted molar refractivity (Wildman–Crippen MR) is 65.5 cm³/mol. The zero-order valence-electron chi connectivity index (χ0n) is 9.56. The number of aryl methyl sites for hydroxylation is 1. The first-order chi connectivity index (χ1) is 7.79. The number of hydrogen-bond donors (Lipinski definition) is 1. The van der Waals surface area contributed by atoms with E-state index in [0.717, 1.165) is 18.7 Å². The van der Waals surface area contributed by atoms with Crippen LogP contribution in [0.5, 0.6) is 0 Å². The van der Waals surface area contributed by atoms with Crippen LogP contribution in [0.3, 0.4) is 0 Å². The zero-order chi connectivity index (χ0) is 11.4. The SMILES string of the molecule is CCc1ccc(C(C)NCc2ccno2)s1. The lowest BCUT2D eigenvalue weighted by atomic mass is 10.2. The van der Waals surface area contributed by atoms with Gasteiger partial charge < -0.3 is 9.84 Å². The number of rotatable bonds is 5. The first kappa shape index (κ1) is 11.4. The molecule has 0 aromatic carbocycles. The second kappa shape index (κ2) is 5.27. The molecule has 0 aliphatic rings. The smallest absolute Gasteiger partial charge is 0.150 e. The van der Waals surface area contributed by atoms with Gasteiger partial charge in [0.1, 0.15) is 5.76 Å². The van der Waals surface area contributed by atoms with Gasteiger partial charge in [-0.3, -0.25) is 0 Å². The molecule has 1 atom stereocenters. The van der Waals surface area contributed by atoms with E-state index >= 15 is 0 Å². The summed E-state index contributed by atoms with van der Waals surface area (Å²) in [5.41, 5.74) is 0. The number of aromatic nitrogens is 1. The largest absolute Gasteiger partial charge is 0.360 e. The van der Waals surface area contributed by atoms with Gasteiger partial charge in [0.05, 0.1) is 12.7 Å². The molecular weight excluding hydrogens is 220 g/mol. The van der Waals surface area contributed by atoms with Crippen LogP contribution < -0.4 is 5.32 Å². The molecule has 0 saturated carbocycles. The summed E-state index contributed by atoms with van der Waals surface area (Å²) in [7, 11) is 0. The fraction of sp³-hybridized carbons (Fsp3) is 0.417. The van der Waals surface area contributed by atoms with Crippen LogP contribution in [0.15, 0.2) is 28.9 Å². The van der Waals surface area contributed by atoms with Crippen LogP contribution in [-0.2, 0) is 13.0 Å². The molecule has 2 aromatic rings. The molecule has 0 spiro atoms. The third-order valence-electron chi connectivity index (χ3n) is 2.53. The summed E-state index contributed by atoms with van der Waals surface area (Å²) in [6, 6.07) is 6.63. The van der Waals surface area contributed by atoms with E-state index in [2.05, 4.69) is 36.5 Å². The molecule has 4 heteroatoms. The summed E-state index contributed by atoms with van der Waals surface area (Å²) in [6.45, 7) is 5.07. The molecular formula is C12H16N2OS. The van der Waals surface area contributed by atoms with Gasteiger partial charge in [-0.15, -0.1) is 11.3 Å². The van der Waals surface area contributed by atoms with Crippen LogP contribution in [0, 0.1) is 0 Å². The minimum absolute atomic E-state index is 0.357.